The Hall–Kier alpha value is -2.84. The number of carbonyl (C=O) groups excluding carboxylic acids is 2. The molecule has 25 heavy (non-hydrogen) atoms. The zero-order valence-electron chi connectivity index (χ0n) is 13.4. The van der Waals surface area contributed by atoms with E-state index in [1.165, 1.54) is 0 Å². The number of nitrogens with zero attached hydrogens (tertiary/aromatic N) is 1. The molecule has 0 unspecified atom stereocenters. The molecule has 0 atom stereocenters. The fourth-order valence-electron chi connectivity index (χ4n) is 2.55. The van der Waals surface area contributed by atoms with Crippen LogP contribution in [0.15, 0.2) is 48.5 Å². The van der Waals surface area contributed by atoms with E-state index in [0.29, 0.717) is 29.1 Å². The number of hydrogen-bond acceptors (Lipinski definition) is 3. The van der Waals surface area contributed by atoms with Gasteiger partial charge in [-0.3, -0.25) is 9.59 Å². The van der Waals surface area contributed by atoms with Crippen molar-refractivity contribution in [1.29, 1.82) is 5.26 Å². The van der Waals surface area contributed by atoms with Crippen LogP contribution in [0.3, 0.4) is 0 Å². The maximum Gasteiger partial charge on any atom is 0.240 e. The van der Waals surface area contributed by atoms with Gasteiger partial charge in [0.1, 0.15) is 5.41 Å². The highest BCUT2D eigenvalue weighted by molar-refractivity contribution is 6.31. The number of anilines is 1. The standard InChI is InChI=1S/C19H16ClN3O2/c20-16-4-2-1-3-14(16)12-22-17(24)19(9-10-19)18(25)23-15-7-5-13(11-21)6-8-15/h1-8H,9-10,12H2,(H,22,24)(H,23,25). The van der Waals surface area contributed by atoms with Crippen molar-refractivity contribution in [2.45, 2.75) is 19.4 Å². The maximum atomic E-state index is 12.5. The number of amides is 2. The van der Waals surface area contributed by atoms with E-state index in [-0.39, 0.29) is 18.4 Å². The fraction of sp³-hybridized carbons (Fsp3) is 0.211. The first-order chi connectivity index (χ1) is 12.0. The second kappa shape index (κ2) is 6.96. The number of hydrogen-bond donors (Lipinski definition) is 2. The van der Waals surface area contributed by atoms with Gasteiger partial charge in [-0.15, -0.1) is 0 Å². The molecule has 0 aromatic heterocycles. The van der Waals surface area contributed by atoms with Crippen molar-refractivity contribution in [3.63, 3.8) is 0 Å². The molecule has 0 bridgehead atoms. The molecule has 3 rings (SSSR count). The van der Waals surface area contributed by atoms with E-state index in [1.54, 1.807) is 30.3 Å². The summed E-state index contributed by atoms with van der Waals surface area (Å²) < 4.78 is 0. The lowest BCUT2D eigenvalue weighted by Gasteiger charge is -2.16. The summed E-state index contributed by atoms with van der Waals surface area (Å²) in [6.07, 6.45) is 1.03. The molecule has 6 heteroatoms. The maximum absolute atomic E-state index is 12.5. The normalized spacial score (nSPS) is 14.2. The van der Waals surface area contributed by atoms with E-state index >= 15 is 0 Å². The summed E-state index contributed by atoms with van der Waals surface area (Å²) in [5.41, 5.74) is 0.862. The van der Waals surface area contributed by atoms with Crippen LogP contribution in [0.1, 0.15) is 24.0 Å². The third kappa shape index (κ3) is 3.65. The molecule has 1 saturated carbocycles. The lowest BCUT2D eigenvalue weighted by atomic mass is 10.0. The Kier molecular flexibility index (Phi) is 4.73. The summed E-state index contributed by atoms with van der Waals surface area (Å²) >= 11 is 6.08. The predicted octanol–water partition coefficient (Wildman–Crippen LogP) is 3.25. The Morgan fingerprint density at radius 1 is 1.08 bits per heavy atom. The Labute approximate surface area is 150 Å². The van der Waals surface area contributed by atoms with Crippen LogP contribution in [0.5, 0.6) is 0 Å². The monoisotopic (exact) mass is 353 g/mol. The van der Waals surface area contributed by atoms with Gasteiger partial charge < -0.3 is 10.6 Å². The summed E-state index contributed by atoms with van der Waals surface area (Å²) in [5, 5.41) is 14.9. The topological polar surface area (TPSA) is 82.0 Å². The zero-order chi connectivity index (χ0) is 17.9. The molecular formula is C19H16ClN3O2. The second-order valence-corrected chi connectivity index (χ2v) is 6.41. The molecule has 1 aliphatic rings. The van der Waals surface area contributed by atoms with Gasteiger partial charge >= 0.3 is 0 Å². The average molecular weight is 354 g/mol. The van der Waals surface area contributed by atoms with Crippen molar-refractivity contribution < 1.29 is 9.59 Å². The fourth-order valence-corrected chi connectivity index (χ4v) is 2.75. The van der Waals surface area contributed by atoms with Gasteiger partial charge in [-0.05, 0) is 48.7 Å². The summed E-state index contributed by atoms with van der Waals surface area (Å²) in [6, 6.07) is 15.8. The number of carbonyl (C=O) groups is 2. The molecule has 0 heterocycles. The van der Waals surface area contributed by atoms with Crippen molar-refractivity contribution in [1.82, 2.24) is 5.32 Å². The molecule has 0 radical (unpaired) electrons. The number of rotatable bonds is 5. The van der Waals surface area contributed by atoms with Gasteiger partial charge in [0, 0.05) is 17.3 Å². The van der Waals surface area contributed by atoms with Gasteiger partial charge in [0.05, 0.1) is 11.6 Å². The Morgan fingerprint density at radius 3 is 2.36 bits per heavy atom. The van der Waals surface area contributed by atoms with Crippen molar-refractivity contribution in [3.05, 3.63) is 64.7 Å². The third-order valence-electron chi connectivity index (χ3n) is 4.29. The quantitative estimate of drug-likeness (QED) is 0.809. The molecule has 2 aromatic rings. The van der Waals surface area contributed by atoms with Crippen molar-refractivity contribution in [3.8, 4) is 6.07 Å². The highest BCUT2D eigenvalue weighted by atomic mass is 35.5. The van der Waals surface area contributed by atoms with Gasteiger partial charge in [0.25, 0.3) is 0 Å². The van der Waals surface area contributed by atoms with Crippen LogP contribution >= 0.6 is 11.6 Å². The molecule has 2 N–H and O–H groups in total. The third-order valence-corrected chi connectivity index (χ3v) is 4.66. The van der Waals surface area contributed by atoms with Crippen LogP contribution < -0.4 is 10.6 Å². The number of benzene rings is 2. The van der Waals surface area contributed by atoms with Crippen LogP contribution in [-0.2, 0) is 16.1 Å². The van der Waals surface area contributed by atoms with E-state index in [4.69, 9.17) is 16.9 Å². The lowest BCUT2D eigenvalue weighted by Crippen LogP contribution is -2.39. The molecule has 0 aliphatic heterocycles. The minimum absolute atomic E-state index is 0.282. The Morgan fingerprint density at radius 2 is 1.76 bits per heavy atom. The summed E-state index contributed by atoms with van der Waals surface area (Å²) in [7, 11) is 0. The number of halogens is 1. The van der Waals surface area contributed by atoms with Gasteiger partial charge in [0.15, 0.2) is 0 Å². The van der Waals surface area contributed by atoms with E-state index < -0.39 is 5.41 Å². The molecule has 2 aromatic carbocycles. The predicted molar refractivity (Wildman–Crippen MR) is 94.8 cm³/mol. The van der Waals surface area contributed by atoms with Crippen LogP contribution in [0, 0.1) is 16.7 Å². The number of nitrogens with one attached hydrogen (secondary N) is 2. The van der Waals surface area contributed by atoms with E-state index in [2.05, 4.69) is 10.6 Å². The molecule has 2 amide bonds. The summed E-state index contributed by atoms with van der Waals surface area (Å²) in [4.78, 5) is 25.0. The number of nitriles is 1. The van der Waals surface area contributed by atoms with Gasteiger partial charge in [-0.25, -0.2) is 0 Å². The lowest BCUT2D eigenvalue weighted by molar-refractivity contribution is -0.134. The molecular weight excluding hydrogens is 338 g/mol. The zero-order valence-corrected chi connectivity index (χ0v) is 14.1. The van der Waals surface area contributed by atoms with Crippen molar-refractivity contribution >= 4 is 29.1 Å². The second-order valence-electron chi connectivity index (χ2n) is 6.00. The molecule has 0 saturated heterocycles. The van der Waals surface area contributed by atoms with E-state index in [1.807, 2.05) is 24.3 Å². The van der Waals surface area contributed by atoms with Gasteiger partial charge in [0.2, 0.25) is 11.8 Å². The average Bonchev–Trinajstić information content (AvgIpc) is 3.43. The minimum atomic E-state index is -1.02. The molecule has 1 fully saturated rings. The molecule has 0 spiro atoms. The van der Waals surface area contributed by atoms with Crippen LogP contribution in [0.2, 0.25) is 5.02 Å². The smallest absolute Gasteiger partial charge is 0.240 e. The first kappa shape index (κ1) is 17.0. The van der Waals surface area contributed by atoms with Crippen LogP contribution in [0.4, 0.5) is 5.69 Å². The van der Waals surface area contributed by atoms with Gasteiger partial charge in [-0.2, -0.15) is 5.26 Å². The summed E-state index contributed by atoms with van der Waals surface area (Å²) in [6.45, 7) is 0.282. The largest absolute Gasteiger partial charge is 0.351 e. The molecule has 1 aliphatic carbocycles. The van der Waals surface area contributed by atoms with E-state index in [9.17, 15) is 9.59 Å². The van der Waals surface area contributed by atoms with Crippen LogP contribution in [-0.4, -0.2) is 11.8 Å². The first-order valence-electron chi connectivity index (χ1n) is 7.88. The highest BCUT2D eigenvalue weighted by Gasteiger charge is 2.56. The van der Waals surface area contributed by atoms with Crippen LogP contribution in [0.25, 0.3) is 0 Å². The highest BCUT2D eigenvalue weighted by Crippen LogP contribution is 2.47. The van der Waals surface area contributed by atoms with E-state index in [0.717, 1.165) is 5.56 Å². The first-order valence-corrected chi connectivity index (χ1v) is 8.26. The molecule has 5 nitrogen and oxygen atoms in total. The summed E-state index contributed by atoms with van der Waals surface area (Å²) in [5.74, 6) is -0.618. The molecule has 126 valence electrons. The Balaban J connectivity index is 1.62. The van der Waals surface area contributed by atoms with Crippen molar-refractivity contribution in [2.75, 3.05) is 5.32 Å². The Bertz CT molecular complexity index is 852. The SMILES string of the molecule is N#Cc1ccc(NC(=O)C2(C(=O)NCc3ccccc3Cl)CC2)cc1. The minimum Gasteiger partial charge on any atom is -0.351 e. The van der Waals surface area contributed by atoms with Gasteiger partial charge in [-0.1, -0.05) is 29.8 Å². The van der Waals surface area contributed by atoms with Crippen molar-refractivity contribution in [2.24, 2.45) is 5.41 Å².